The van der Waals surface area contributed by atoms with Gasteiger partial charge < -0.3 is 15.1 Å². The van der Waals surface area contributed by atoms with E-state index in [4.69, 9.17) is 0 Å². The van der Waals surface area contributed by atoms with E-state index in [9.17, 15) is 4.79 Å². The Labute approximate surface area is 116 Å². The number of likely N-dealkylation sites (N-methyl/N-ethyl adjacent to an activating group) is 1. The van der Waals surface area contributed by atoms with Crippen molar-refractivity contribution in [3.63, 3.8) is 0 Å². The van der Waals surface area contributed by atoms with Crippen molar-refractivity contribution in [2.24, 2.45) is 11.8 Å². The van der Waals surface area contributed by atoms with Gasteiger partial charge in [0.05, 0.1) is 5.92 Å². The van der Waals surface area contributed by atoms with Crippen LogP contribution in [0.4, 0.5) is 0 Å². The molecule has 0 aromatic heterocycles. The fourth-order valence-corrected chi connectivity index (χ4v) is 2.95. The van der Waals surface area contributed by atoms with Crippen LogP contribution >= 0.6 is 12.4 Å². The predicted octanol–water partition coefficient (Wildman–Crippen LogP) is 0.816. The summed E-state index contributed by atoms with van der Waals surface area (Å²) in [5.41, 5.74) is 0. The number of nitrogens with zero attached hydrogens (tertiary/aromatic N) is 2. The lowest BCUT2D eigenvalue weighted by Gasteiger charge is -2.37. The molecule has 1 unspecified atom stereocenters. The number of amides is 1. The Bertz CT molecular complexity index is 285. The van der Waals surface area contributed by atoms with E-state index in [2.05, 4.69) is 36.1 Å². The average Bonchev–Trinajstić information content (AvgIpc) is 2.74. The molecule has 2 saturated heterocycles. The Morgan fingerprint density at radius 2 is 2.06 bits per heavy atom. The van der Waals surface area contributed by atoms with Gasteiger partial charge in [0.1, 0.15) is 0 Å². The molecule has 0 spiro atoms. The summed E-state index contributed by atoms with van der Waals surface area (Å²) in [6.07, 6.45) is 2.36. The summed E-state index contributed by atoms with van der Waals surface area (Å²) in [6.45, 7) is 5.89. The summed E-state index contributed by atoms with van der Waals surface area (Å²) >= 11 is 0. The van der Waals surface area contributed by atoms with Crippen molar-refractivity contribution in [1.29, 1.82) is 0 Å². The largest absolute Gasteiger partial charge is 0.341 e. The molecule has 0 bridgehead atoms. The second-order valence-corrected chi connectivity index (χ2v) is 5.79. The molecule has 3 atom stereocenters. The first-order valence-corrected chi connectivity index (χ1v) is 6.75. The van der Waals surface area contributed by atoms with Gasteiger partial charge in [-0.3, -0.25) is 4.79 Å². The molecule has 0 aromatic rings. The number of hydrogen-bond donors (Lipinski definition) is 1. The van der Waals surface area contributed by atoms with Gasteiger partial charge in [-0.05, 0) is 39.4 Å². The van der Waals surface area contributed by atoms with Crippen LogP contribution in [0.1, 0.15) is 19.8 Å². The van der Waals surface area contributed by atoms with Gasteiger partial charge in [0.2, 0.25) is 5.91 Å². The summed E-state index contributed by atoms with van der Waals surface area (Å²) in [7, 11) is 4.22. The van der Waals surface area contributed by atoms with Gasteiger partial charge in [0.25, 0.3) is 0 Å². The zero-order chi connectivity index (χ0) is 12.4. The highest BCUT2D eigenvalue weighted by atomic mass is 35.5. The molecular weight excluding hydrogens is 250 g/mol. The predicted molar refractivity (Wildman–Crippen MR) is 76.1 cm³/mol. The molecule has 2 aliphatic rings. The van der Waals surface area contributed by atoms with E-state index < -0.39 is 0 Å². The van der Waals surface area contributed by atoms with Crippen LogP contribution in [0.15, 0.2) is 0 Å². The maximum absolute atomic E-state index is 12.4. The first-order valence-electron chi connectivity index (χ1n) is 6.75. The smallest absolute Gasteiger partial charge is 0.227 e. The zero-order valence-electron chi connectivity index (χ0n) is 11.7. The van der Waals surface area contributed by atoms with Crippen LogP contribution in [0, 0.1) is 11.8 Å². The molecule has 0 radical (unpaired) electrons. The van der Waals surface area contributed by atoms with E-state index in [1.807, 2.05) is 0 Å². The van der Waals surface area contributed by atoms with Gasteiger partial charge in [-0.1, -0.05) is 6.92 Å². The van der Waals surface area contributed by atoms with Crippen LogP contribution in [0.25, 0.3) is 0 Å². The molecule has 1 N–H and O–H groups in total. The zero-order valence-corrected chi connectivity index (χ0v) is 12.5. The van der Waals surface area contributed by atoms with Crippen molar-refractivity contribution in [2.45, 2.75) is 25.8 Å². The van der Waals surface area contributed by atoms with Crippen molar-refractivity contribution < 1.29 is 4.79 Å². The van der Waals surface area contributed by atoms with Crippen LogP contribution in [-0.2, 0) is 4.79 Å². The Morgan fingerprint density at radius 3 is 2.61 bits per heavy atom. The lowest BCUT2D eigenvalue weighted by Crippen LogP contribution is -2.50. The maximum Gasteiger partial charge on any atom is 0.227 e. The molecule has 2 fully saturated rings. The fraction of sp³-hybridized carbons (Fsp3) is 0.923. The van der Waals surface area contributed by atoms with Gasteiger partial charge in [-0.25, -0.2) is 0 Å². The Balaban J connectivity index is 0.00000162. The highest BCUT2D eigenvalue weighted by molar-refractivity contribution is 5.85. The lowest BCUT2D eigenvalue weighted by molar-refractivity contribution is -0.137. The highest BCUT2D eigenvalue weighted by Gasteiger charge is 2.34. The minimum Gasteiger partial charge on any atom is -0.341 e. The SMILES string of the molecule is C[C@@H]1CNC[C@H]1C(=O)N1CCCC(N(C)C)C1.Cl. The fourth-order valence-electron chi connectivity index (χ4n) is 2.95. The number of nitrogens with one attached hydrogen (secondary N) is 1. The number of rotatable bonds is 2. The van der Waals surface area contributed by atoms with Gasteiger partial charge in [0, 0.05) is 25.7 Å². The second-order valence-electron chi connectivity index (χ2n) is 5.79. The summed E-state index contributed by atoms with van der Waals surface area (Å²) < 4.78 is 0. The van der Waals surface area contributed by atoms with Crippen molar-refractivity contribution in [1.82, 2.24) is 15.1 Å². The van der Waals surface area contributed by atoms with Crippen LogP contribution < -0.4 is 5.32 Å². The summed E-state index contributed by atoms with van der Waals surface area (Å²) in [5, 5.41) is 3.32. The third-order valence-electron chi connectivity index (χ3n) is 4.27. The van der Waals surface area contributed by atoms with Crippen LogP contribution in [-0.4, -0.2) is 62.0 Å². The molecule has 2 aliphatic heterocycles. The molecule has 106 valence electrons. The van der Waals surface area contributed by atoms with Crippen LogP contribution in [0.2, 0.25) is 0 Å². The van der Waals surface area contributed by atoms with Crippen LogP contribution in [0.3, 0.4) is 0 Å². The lowest BCUT2D eigenvalue weighted by atomic mass is 9.95. The number of piperidine rings is 1. The van der Waals surface area contributed by atoms with Crippen molar-refractivity contribution >= 4 is 18.3 Å². The molecule has 2 heterocycles. The van der Waals surface area contributed by atoms with E-state index in [0.717, 1.165) is 32.6 Å². The minimum atomic E-state index is 0. The van der Waals surface area contributed by atoms with Crippen LogP contribution in [0.5, 0.6) is 0 Å². The highest BCUT2D eigenvalue weighted by Crippen LogP contribution is 2.22. The van der Waals surface area contributed by atoms with E-state index in [0.29, 0.717) is 17.9 Å². The summed E-state index contributed by atoms with van der Waals surface area (Å²) in [5.74, 6) is 1.06. The van der Waals surface area contributed by atoms with Crippen molar-refractivity contribution in [3.8, 4) is 0 Å². The monoisotopic (exact) mass is 275 g/mol. The first kappa shape index (κ1) is 15.7. The molecule has 0 aliphatic carbocycles. The quantitative estimate of drug-likeness (QED) is 0.810. The second kappa shape index (κ2) is 6.73. The standard InChI is InChI=1S/C13H25N3O.ClH/c1-10-7-14-8-12(10)13(17)16-6-4-5-11(9-16)15(2)3;/h10-12,14H,4-9H2,1-3H3;1H/t10-,11?,12-;/m1./s1. The Hall–Kier alpha value is -0.320. The third-order valence-corrected chi connectivity index (χ3v) is 4.27. The van der Waals surface area contributed by atoms with Crippen molar-refractivity contribution in [2.75, 3.05) is 40.3 Å². The number of carbonyl (C=O) groups excluding carboxylic acids is 1. The first-order chi connectivity index (χ1) is 8.09. The number of likely N-dealkylation sites (tertiary alicyclic amines) is 1. The van der Waals surface area contributed by atoms with Gasteiger partial charge in [0.15, 0.2) is 0 Å². The molecule has 4 nitrogen and oxygen atoms in total. The normalized spacial score (nSPS) is 32.4. The molecular formula is C13H26ClN3O. The Kier molecular flexibility index (Phi) is 5.89. The van der Waals surface area contributed by atoms with E-state index in [1.54, 1.807) is 0 Å². The number of halogens is 1. The third kappa shape index (κ3) is 3.37. The van der Waals surface area contributed by atoms with E-state index in [-0.39, 0.29) is 18.3 Å². The van der Waals surface area contributed by atoms with E-state index in [1.165, 1.54) is 6.42 Å². The average molecular weight is 276 g/mol. The maximum atomic E-state index is 12.4. The molecule has 2 rings (SSSR count). The van der Waals surface area contributed by atoms with Gasteiger partial charge >= 0.3 is 0 Å². The van der Waals surface area contributed by atoms with Gasteiger partial charge in [-0.15, -0.1) is 12.4 Å². The van der Waals surface area contributed by atoms with Crippen molar-refractivity contribution in [3.05, 3.63) is 0 Å². The molecule has 0 saturated carbocycles. The number of hydrogen-bond acceptors (Lipinski definition) is 3. The molecule has 18 heavy (non-hydrogen) atoms. The topological polar surface area (TPSA) is 35.6 Å². The molecule has 1 amide bonds. The van der Waals surface area contributed by atoms with E-state index >= 15 is 0 Å². The molecule has 5 heteroatoms. The van der Waals surface area contributed by atoms with Gasteiger partial charge in [-0.2, -0.15) is 0 Å². The Morgan fingerprint density at radius 1 is 1.33 bits per heavy atom. The number of carbonyl (C=O) groups is 1. The minimum absolute atomic E-state index is 0. The summed E-state index contributed by atoms with van der Waals surface area (Å²) in [6, 6.07) is 0.539. The summed E-state index contributed by atoms with van der Waals surface area (Å²) in [4.78, 5) is 16.8. The molecule has 0 aromatic carbocycles.